The van der Waals surface area contributed by atoms with Gasteiger partial charge in [-0.2, -0.15) is 8.42 Å². The van der Waals surface area contributed by atoms with Gasteiger partial charge in [-0.25, -0.2) is 9.19 Å². The summed E-state index contributed by atoms with van der Waals surface area (Å²) in [6, 6.07) is 6.90. The van der Waals surface area contributed by atoms with Crippen LogP contribution in [0.25, 0.3) is 10.9 Å². The van der Waals surface area contributed by atoms with Crippen molar-refractivity contribution in [1.82, 2.24) is 9.88 Å². The highest BCUT2D eigenvalue weighted by Crippen LogP contribution is 2.29. The average molecular weight is 445 g/mol. The standard InChI is InChI=1S/C18H25ClN4O5S/c1-3-22(11-12-28-29(25,26)27)10-4-5-14(2)23(21-24)18-8-9-20-17-13-15(19)6-7-16(17)18/h6-9,13-14H,3-5,10-12H2,1-2H3,(H,25,26,27). The van der Waals surface area contributed by atoms with Gasteiger partial charge < -0.3 is 4.90 Å². The first-order valence-corrected chi connectivity index (χ1v) is 11.0. The molecule has 0 spiro atoms. The van der Waals surface area contributed by atoms with Gasteiger partial charge >= 0.3 is 10.4 Å². The van der Waals surface area contributed by atoms with Gasteiger partial charge in [0.05, 0.1) is 29.1 Å². The third kappa shape index (κ3) is 7.16. The Morgan fingerprint density at radius 1 is 1.31 bits per heavy atom. The lowest BCUT2D eigenvalue weighted by atomic mass is 10.1. The first kappa shape index (κ1) is 23.4. The van der Waals surface area contributed by atoms with Crippen molar-refractivity contribution >= 4 is 38.6 Å². The van der Waals surface area contributed by atoms with Gasteiger partial charge in [0.15, 0.2) is 0 Å². The molecule has 160 valence electrons. The highest BCUT2D eigenvalue weighted by molar-refractivity contribution is 7.80. The third-order valence-corrected chi connectivity index (χ3v) is 5.32. The summed E-state index contributed by atoms with van der Waals surface area (Å²) in [5.74, 6) is 0. The van der Waals surface area contributed by atoms with E-state index in [0.717, 1.165) is 11.8 Å². The summed E-state index contributed by atoms with van der Waals surface area (Å²) >= 11 is 6.02. The summed E-state index contributed by atoms with van der Waals surface area (Å²) < 4.78 is 34.2. The van der Waals surface area contributed by atoms with Crippen molar-refractivity contribution in [3.05, 3.63) is 40.4 Å². The number of anilines is 1. The van der Waals surface area contributed by atoms with E-state index in [1.807, 2.05) is 24.8 Å². The highest BCUT2D eigenvalue weighted by atomic mass is 35.5. The maximum atomic E-state index is 11.6. The van der Waals surface area contributed by atoms with E-state index in [-0.39, 0.29) is 12.6 Å². The molecule has 9 nitrogen and oxygen atoms in total. The molecular formula is C18H25ClN4O5S. The average Bonchev–Trinajstić information content (AvgIpc) is 2.66. The number of pyridine rings is 1. The van der Waals surface area contributed by atoms with Gasteiger partial charge in [-0.15, -0.1) is 4.91 Å². The number of nitrogens with zero attached hydrogens (tertiary/aromatic N) is 4. The Bertz CT molecular complexity index is 928. The van der Waals surface area contributed by atoms with E-state index in [4.69, 9.17) is 16.2 Å². The molecule has 1 N–H and O–H groups in total. The zero-order valence-corrected chi connectivity index (χ0v) is 17.9. The number of aromatic nitrogens is 1. The number of hydrogen-bond acceptors (Lipinski definition) is 7. The Morgan fingerprint density at radius 2 is 2.07 bits per heavy atom. The molecule has 1 unspecified atom stereocenters. The van der Waals surface area contributed by atoms with Gasteiger partial charge in [0.25, 0.3) is 0 Å². The minimum Gasteiger partial charge on any atom is -0.301 e. The lowest BCUT2D eigenvalue weighted by Gasteiger charge is -2.25. The Hall–Kier alpha value is -1.85. The van der Waals surface area contributed by atoms with Crippen LogP contribution in [-0.4, -0.2) is 55.1 Å². The summed E-state index contributed by atoms with van der Waals surface area (Å²) in [4.78, 5) is 17.9. The normalized spacial score (nSPS) is 13.0. The SMILES string of the molecule is CCN(CCCC(C)N(N=O)c1ccnc2cc(Cl)ccc12)CCOS(=O)(=O)O. The predicted octanol–water partition coefficient (Wildman–Crippen LogP) is 3.69. The van der Waals surface area contributed by atoms with E-state index in [9.17, 15) is 13.3 Å². The molecule has 0 aliphatic carbocycles. The number of rotatable bonds is 12. The largest absolute Gasteiger partial charge is 0.397 e. The molecule has 0 aliphatic rings. The van der Waals surface area contributed by atoms with Crippen LogP contribution < -0.4 is 5.01 Å². The molecule has 0 saturated heterocycles. The number of hydrogen-bond donors (Lipinski definition) is 1. The molecule has 0 bridgehead atoms. The second-order valence-electron chi connectivity index (χ2n) is 6.59. The zero-order chi connectivity index (χ0) is 21.4. The maximum Gasteiger partial charge on any atom is 0.397 e. The first-order chi connectivity index (χ1) is 13.7. The quantitative estimate of drug-likeness (QED) is 0.299. The molecule has 29 heavy (non-hydrogen) atoms. The monoisotopic (exact) mass is 444 g/mol. The van der Waals surface area contributed by atoms with Crippen LogP contribution in [0.4, 0.5) is 5.69 Å². The Morgan fingerprint density at radius 3 is 2.72 bits per heavy atom. The number of likely N-dealkylation sites (N-methyl/N-ethyl adjacent to an activating group) is 1. The third-order valence-electron chi connectivity index (χ3n) is 4.62. The van der Waals surface area contributed by atoms with Crippen LogP contribution in [0.2, 0.25) is 5.02 Å². The summed E-state index contributed by atoms with van der Waals surface area (Å²) in [7, 11) is -4.42. The molecule has 1 aromatic heterocycles. The molecule has 0 amide bonds. The van der Waals surface area contributed by atoms with E-state index >= 15 is 0 Å². The molecule has 2 aromatic rings. The van der Waals surface area contributed by atoms with Gasteiger partial charge in [0, 0.05) is 23.2 Å². The number of fused-ring (bicyclic) bond motifs is 1. The summed E-state index contributed by atoms with van der Waals surface area (Å²) in [6.07, 6.45) is 3.08. The molecular weight excluding hydrogens is 420 g/mol. The van der Waals surface area contributed by atoms with Crippen molar-refractivity contribution in [1.29, 1.82) is 0 Å². The van der Waals surface area contributed by atoms with Gasteiger partial charge in [0.1, 0.15) is 0 Å². The maximum absolute atomic E-state index is 11.6. The van der Waals surface area contributed by atoms with Crippen LogP contribution in [0.5, 0.6) is 0 Å². The molecule has 1 atom stereocenters. The minimum atomic E-state index is -4.42. The molecule has 1 aromatic carbocycles. The number of halogens is 1. The summed E-state index contributed by atoms with van der Waals surface area (Å²) in [5, 5.41) is 6.02. The summed E-state index contributed by atoms with van der Waals surface area (Å²) in [5.41, 5.74) is 1.36. The van der Waals surface area contributed by atoms with E-state index in [1.165, 1.54) is 5.01 Å². The second-order valence-corrected chi connectivity index (χ2v) is 8.12. The minimum absolute atomic E-state index is 0.115. The van der Waals surface area contributed by atoms with Crippen molar-refractivity contribution in [3.63, 3.8) is 0 Å². The lowest BCUT2D eigenvalue weighted by molar-refractivity contribution is 0.199. The fourth-order valence-corrected chi connectivity index (χ4v) is 3.55. The fraction of sp³-hybridized carbons (Fsp3) is 0.500. The molecule has 11 heteroatoms. The van der Waals surface area contributed by atoms with Gasteiger partial charge in [-0.3, -0.25) is 9.54 Å². The molecule has 2 rings (SSSR count). The topological polar surface area (TPSA) is 112 Å². The Balaban J connectivity index is 1.96. The molecule has 0 radical (unpaired) electrons. The van der Waals surface area contributed by atoms with Crippen molar-refractivity contribution in [2.24, 2.45) is 5.29 Å². The zero-order valence-electron chi connectivity index (χ0n) is 16.4. The predicted molar refractivity (Wildman–Crippen MR) is 113 cm³/mol. The van der Waals surface area contributed by atoms with Crippen LogP contribution in [0.1, 0.15) is 26.7 Å². The molecule has 0 saturated carbocycles. The molecule has 0 aliphatic heterocycles. The van der Waals surface area contributed by atoms with Crippen molar-refractivity contribution < 1.29 is 17.2 Å². The van der Waals surface area contributed by atoms with E-state index < -0.39 is 10.4 Å². The second kappa shape index (κ2) is 10.8. The highest BCUT2D eigenvalue weighted by Gasteiger charge is 2.18. The van der Waals surface area contributed by atoms with E-state index in [0.29, 0.717) is 42.3 Å². The Labute approximate surface area is 175 Å². The van der Waals surface area contributed by atoms with Crippen molar-refractivity contribution in [3.8, 4) is 0 Å². The first-order valence-electron chi connectivity index (χ1n) is 9.26. The van der Waals surface area contributed by atoms with Crippen LogP contribution in [-0.2, 0) is 14.6 Å². The van der Waals surface area contributed by atoms with E-state index in [2.05, 4.69) is 14.5 Å². The Kier molecular flexibility index (Phi) is 8.72. The van der Waals surface area contributed by atoms with Crippen molar-refractivity contribution in [2.45, 2.75) is 32.7 Å². The smallest absolute Gasteiger partial charge is 0.301 e. The van der Waals surface area contributed by atoms with Gasteiger partial charge in [0.2, 0.25) is 0 Å². The van der Waals surface area contributed by atoms with Crippen LogP contribution in [0.3, 0.4) is 0 Å². The van der Waals surface area contributed by atoms with Gasteiger partial charge in [-0.1, -0.05) is 18.5 Å². The molecule has 1 heterocycles. The van der Waals surface area contributed by atoms with Crippen LogP contribution >= 0.6 is 11.6 Å². The van der Waals surface area contributed by atoms with Crippen molar-refractivity contribution in [2.75, 3.05) is 31.3 Å². The lowest BCUT2D eigenvalue weighted by Crippen LogP contribution is -2.32. The van der Waals surface area contributed by atoms with Gasteiger partial charge in [-0.05, 0) is 57.1 Å². The fourth-order valence-electron chi connectivity index (χ4n) is 3.10. The number of nitroso groups, excluding NO2 is 1. The van der Waals surface area contributed by atoms with Crippen LogP contribution in [0.15, 0.2) is 35.7 Å². The van der Waals surface area contributed by atoms with Crippen LogP contribution in [0, 0.1) is 4.91 Å². The molecule has 0 fully saturated rings. The number of benzene rings is 1. The van der Waals surface area contributed by atoms with E-state index in [1.54, 1.807) is 24.4 Å². The summed E-state index contributed by atoms with van der Waals surface area (Å²) in [6.45, 7) is 5.52.